The minimum atomic E-state index is 0.162. The Morgan fingerprint density at radius 3 is 2.48 bits per heavy atom. The lowest BCUT2D eigenvalue weighted by molar-refractivity contribution is -0.122. The van der Waals surface area contributed by atoms with Gasteiger partial charge < -0.3 is 15.5 Å². The first-order chi connectivity index (χ1) is 16.1. The Bertz CT molecular complexity index is 1110. The molecule has 0 aliphatic heterocycles. The van der Waals surface area contributed by atoms with Crippen molar-refractivity contribution >= 4 is 28.3 Å². The van der Waals surface area contributed by atoms with Crippen LogP contribution in [0.1, 0.15) is 43.6 Å². The molecular formula is C28H34N4O. The van der Waals surface area contributed by atoms with Gasteiger partial charge in [-0.1, -0.05) is 48.5 Å². The number of carbonyl (C=O) groups excluding carboxylic acids is 1. The Morgan fingerprint density at radius 2 is 1.73 bits per heavy atom. The number of rotatable bonds is 7. The lowest BCUT2D eigenvalue weighted by atomic mass is 9.86. The summed E-state index contributed by atoms with van der Waals surface area (Å²) in [4.78, 5) is 19.6. The van der Waals surface area contributed by atoms with Gasteiger partial charge in [-0.2, -0.15) is 0 Å². The molecule has 5 nitrogen and oxygen atoms in total. The molecule has 2 atom stereocenters. The second-order valence-electron chi connectivity index (χ2n) is 9.90. The number of nitrogens with zero attached hydrogens (tertiary/aromatic N) is 2. The van der Waals surface area contributed by atoms with Crippen molar-refractivity contribution < 1.29 is 4.79 Å². The number of fused-ring (bicyclic) bond motifs is 1. The molecule has 0 spiro atoms. The topological polar surface area (TPSA) is 57.3 Å². The quantitative estimate of drug-likeness (QED) is 0.529. The van der Waals surface area contributed by atoms with Crippen molar-refractivity contribution in [2.75, 3.05) is 30.9 Å². The van der Waals surface area contributed by atoms with E-state index in [4.69, 9.17) is 4.98 Å². The molecule has 0 radical (unpaired) electrons. The molecule has 1 unspecified atom stereocenters. The van der Waals surface area contributed by atoms with E-state index < -0.39 is 0 Å². The summed E-state index contributed by atoms with van der Waals surface area (Å²) >= 11 is 0. The molecule has 3 aromatic rings. The van der Waals surface area contributed by atoms with E-state index in [1.54, 1.807) is 0 Å². The van der Waals surface area contributed by atoms with Gasteiger partial charge >= 0.3 is 0 Å². The Morgan fingerprint density at radius 1 is 1.00 bits per heavy atom. The average Bonchev–Trinajstić information content (AvgIpc) is 3.65. The fraction of sp³-hybridized carbons (Fsp3) is 0.429. The van der Waals surface area contributed by atoms with Crippen LogP contribution in [-0.4, -0.2) is 37.6 Å². The van der Waals surface area contributed by atoms with Crippen molar-refractivity contribution in [3.05, 3.63) is 66.2 Å². The summed E-state index contributed by atoms with van der Waals surface area (Å²) in [5.74, 6) is 2.33. The molecule has 1 aromatic heterocycles. The zero-order valence-electron chi connectivity index (χ0n) is 19.6. The number of carbonyl (C=O) groups is 1. The maximum Gasteiger partial charge on any atom is 0.223 e. The zero-order valence-corrected chi connectivity index (χ0v) is 19.6. The lowest BCUT2D eigenvalue weighted by Gasteiger charge is -2.30. The molecule has 5 rings (SSSR count). The van der Waals surface area contributed by atoms with E-state index >= 15 is 0 Å². The third-order valence-corrected chi connectivity index (χ3v) is 7.29. The molecule has 0 bridgehead atoms. The number of para-hydroxylation sites is 1. The minimum absolute atomic E-state index is 0.162. The monoisotopic (exact) mass is 442 g/mol. The summed E-state index contributed by atoms with van der Waals surface area (Å²) in [5.41, 5.74) is 3.51. The molecule has 2 saturated carbocycles. The smallest absolute Gasteiger partial charge is 0.223 e. The van der Waals surface area contributed by atoms with Crippen molar-refractivity contribution in [3.63, 3.8) is 0 Å². The van der Waals surface area contributed by atoms with Crippen LogP contribution in [0.5, 0.6) is 0 Å². The summed E-state index contributed by atoms with van der Waals surface area (Å²) in [6, 6.07) is 21.3. The number of nitrogens with one attached hydrogen (secondary N) is 2. The summed E-state index contributed by atoms with van der Waals surface area (Å²) in [6.07, 6.45) is 5.49. The number of benzene rings is 2. The average molecular weight is 443 g/mol. The highest BCUT2D eigenvalue weighted by Gasteiger charge is 2.43. The lowest BCUT2D eigenvalue weighted by Crippen LogP contribution is -2.34. The standard InChI is InChI=1S/C28H34N4O/c1-32(2)26-17-27(31-25-11-7-6-10-22(25)26)30-21-14-12-19(13-15-21)18-29-28(33)24-16-23(24)20-8-4-3-5-9-20/h3-11,17,19,21,23-24H,12-16,18H2,1-2H3,(H,29,33)(H,30,31)/t19-,21+,23-,24?/m0/s1. The number of aromatic nitrogens is 1. The van der Waals surface area contributed by atoms with Crippen LogP contribution in [0.2, 0.25) is 0 Å². The van der Waals surface area contributed by atoms with E-state index in [0.29, 0.717) is 17.9 Å². The molecule has 2 aromatic carbocycles. The van der Waals surface area contributed by atoms with Gasteiger partial charge in [0.05, 0.1) is 5.52 Å². The molecule has 2 fully saturated rings. The molecule has 2 aliphatic rings. The van der Waals surface area contributed by atoms with Crippen molar-refractivity contribution in [3.8, 4) is 0 Å². The Kier molecular flexibility index (Phi) is 6.21. The van der Waals surface area contributed by atoms with E-state index in [1.807, 2.05) is 12.1 Å². The summed E-state index contributed by atoms with van der Waals surface area (Å²) in [7, 11) is 4.16. The number of hydrogen-bond acceptors (Lipinski definition) is 4. The van der Waals surface area contributed by atoms with E-state index in [2.05, 4.69) is 78.2 Å². The Labute approximate surface area is 196 Å². The normalized spacial score (nSPS) is 24.3. The molecule has 1 amide bonds. The van der Waals surface area contributed by atoms with Gasteiger partial charge in [0.1, 0.15) is 5.82 Å². The molecule has 5 heteroatoms. The van der Waals surface area contributed by atoms with Gasteiger partial charge in [-0.25, -0.2) is 4.98 Å². The predicted molar refractivity (Wildman–Crippen MR) is 136 cm³/mol. The highest BCUT2D eigenvalue weighted by atomic mass is 16.2. The Balaban J connectivity index is 1.10. The van der Waals surface area contributed by atoms with E-state index in [1.165, 1.54) is 16.6 Å². The third kappa shape index (κ3) is 4.97. The van der Waals surface area contributed by atoms with Crippen LogP contribution in [0.25, 0.3) is 10.9 Å². The molecule has 33 heavy (non-hydrogen) atoms. The number of anilines is 2. The van der Waals surface area contributed by atoms with Gasteiger partial charge in [0.2, 0.25) is 5.91 Å². The van der Waals surface area contributed by atoms with Gasteiger partial charge in [0.15, 0.2) is 0 Å². The van der Waals surface area contributed by atoms with E-state index in [9.17, 15) is 4.79 Å². The van der Waals surface area contributed by atoms with Crippen LogP contribution in [0, 0.1) is 11.8 Å². The van der Waals surface area contributed by atoms with Gasteiger partial charge in [0.25, 0.3) is 0 Å². The number of pyridine rings is 1. The van der Waals surface area contributed by atoms with Crippen LogP contribution in [-0.2, 0) is 4.79 Å². The molecule has 1 heterocycles. The second kappa shape index (κ2) is 9.42. The maximum atomic E-state index is 12.6. The molecule has 172 valence electrons. The van der Waals surface area contributed by atoms with E-state index in [-0.39, 0.29) is 11.8 Å². The first-order valence-electron chi connectivity index (χ1n) is 12.2. The first kappa shape index (κ1) is 21.7. The van der Waals surface area contributed by atoms with Crippen LogP contribution in [0.15, 0.2) is 60.7 Å². The Hall–Kier alpha value is -3.08. The molecule has 2 N–H and O–H groups in total. The third-order valence-electron chi connectivity index (χ3n) is 7.29. The van der Waals surface area contributed by atoms with Crippen molar-refractivity contribution in [2.45, 2.75) is 44.1 Å². The number of amides is 1. The van der Waals surface area contributed by atoms with Crippen LogP contribution >= 0.6 is 0 Å². The number of hydrogen-bond donors (Lipinski definition) is 2. The maximum absolute atomic E-state index is 12.6. The largest absolute Gasteiger partial charge is 0.377 e. The zero-order chi connectivity index (χ0) is 22.8. The molecular weight excluding hydrogens is 408 g/mol. The minimum Gasteiger partial charge on any atom is -0.377 e. The second-order valence-corrected chi connectivity index (χ2v) is 9.90. The van der Waals surface area contributed by atoms with Crippen LogP contribution in [0.4, 0.5) is 11.5 Å². The fourth-order valence-corrected chi connectivity index (χ4v) is 5.25. The fourth-order valence-electron chi connectivity index (χ4n) is 5.25. The van der Waals surface area contributed by atoms with Gasteiger partial charge in [-0.05, 0) is 55.6 Å². The van der Waals surface area contributed by atoms with Crippen molar-refractivity contribution in [1.29, 1.82) is 0 Å². The van der Waals surface area contributed by atoms with Gasteiger partial charge in [-0.3, -0.25) is 4.79 Å². The van der Waals surface area contributed by atoms with Crippen LogP contribution in [0.3, 0.4) is 0 Å². The molecule has 2 aliphatic carbocycles. The van der Waals surface area contributed by atoms with Crippen molar-refractivity contribution in [1.82, 2.24) is 10.3 Å². The highest BCUT2D eigenvalue weighted by Crippen LogP contribution is 2.47. The first-order valence-corrected chi connectivity index (χ1v) is 12.2. The molecule has 0 saturated heterocycles. The van der Waals surface area contributed by atoms with Gasteiger partial charge in [-0.15, -0.1) is 0 Å². The van der Waals surface area contributed by atoms with Gasteiger partial charge in [0, 0.05) is 49.7 Å². The van der Waals surface area contributed by atoms with E-state index in [0.717, 1.165) is 50.0 Å². The highest BCUT2D eigenvalue weighted by molar-refractivity contribution is 5.93. The predicted octanol–water partition coefficient (Wildman–Crippen LogP) is 5.19. The van der Waals surface area contributed by atoms with Crippen molar-refractivity contribution in [2.24, 2.45) is 11.8 Å². The van der Waals surface area contributed by atoms with Crippen LogP contribution < -0.4 is 15.5 Å². The summed E-state index contributed by atoms with van der Waals surface area (Å²) in [5, 5.41) is 8.10. The summed E-state index contributed by atoms with van der Waals surface area (Å²) < 4.78 is 0. The summed E-state index contributed by atoms with van der Waals surface area (Å²) in [6.45, 7) is 0.808. The SMILES string of the molecule is CN(C)c1cc(N[C@H]2CC[C@@H](CNC(=O)C3C[C@H]3c3ccccc3)CC2)nc2ccccc12.